The van der Waals surface area contributed by atoms with Crippen molar-refractivity contribution in [3.63, 3.8) is 0 Å². The molecule has 0 aromatic heterocycles. The lowest BCUT2D eigenvalue weighted by Gasteiger charge is -2.37. The van der Waals surface area contributed by atoms with Crippen LogP contribution in [0, 0.1) is 0 Å². The first-order valence-electron chi connectivity index (χ1n) is 8.71. The molecule has 138 valence electrons. The van der Waals surface area contributed by atoms with Gasteiger partial charge in [-0.1, -0.05) is 23.7 Å². The van der Waals surface area contributed by atoms with Gasteiger partial charge in [-0.25, -0.2) is 0 Å². The Morgan fingerprint density at radius 1 is 1.40 bits per heavy atom. The summed E-state index contributed by atoms with van der Waals surface area (Å²) in [5.74, 6) is 0.327. The summed E-state index contributed by atoms with van der Waals surface area (Å²) in [6, 6.07) is 7.08. The molecular formula is C18H26ClN3O3. The van der Waals surface area contributed by atoms with E-state index in [-0.39, 0.29) is 17.9 Å². The lowest BCUT2D eigenvalue weighted by atomic mass is 10.0. The quantitative estimate of drug-likeness (QED) is 0.771. The molecular weight excluding hydrogens is 342 g/mol. The smallest absolute Gasteiger partial charge is 0.263 e. The average molecular weight is 368 g/mol. The number of nitrogens with zero attached hydrogens (tertiary/aromatic N) is 1. The number of halogens is 1. The van der Waals surface area contributed by atoms with E-state index >= 15 is 0 Å². The summed E-state index contributed by atoms with van der Waals surface area (Å²) >= 11 is 6.09. The first-order valence-corrected chi connectivity index (χ1v) is 9.09. The molecule has 6 nitrogen and oxygen atoms in total. The standard InChI is InChI=1S/C18H26ClN3O3/c1-13(25-16-8-3-2-7-15(16)19)18(24)22-11-5-4-6-14(22)12-21-17(23)9-10-20/h2-3,7-8,13-14H,4-6,9-12,20H2,1H3,(H,21,23). The number of para-hydroxylation sites is 1. The van der Waals surface area contributed by atoms with E-state index in [2.05, 4.69) is 5.32 Å². The van der Waals surface area contributed by atoms with Gasteiger partial charge in [0.1, 0.15) is 5.75 Å². The third kappa shape index (κ3) is 5.61. The summed E-state index contributed by atoms with van der Waals surface area (Å²) in [6.07, 6.45) is 2.53. The molecule has 2 unspecified atom stereocenters. The third-order valence-corrected chi connectivity index (χ3v) is 4.62. The van der Waals surface area contributed by atoms with E-state index in [1.54, 1.807) is 19.1 Å². The highest BCUT2D eigenvalue weighted by atomic mass is 35.5. The van der Waals surface area contributed by atoms with Crippen molar-refractivity contribution in [2.75, 3.05) is 19.6 Å². The van der Waals surface area contributed by atoms with Gasteiger partial charge >= 0.3 is 0 Å². The molecule has 7 heteroatoms. The monoisotopic (exact) mass is 367 g/mol. The van der Waals surface area contributed by atoms with Crippen molar-refractivity contribution in [3.05, 3.63) is 29.3 Å². The Kier molecular flexibility index (Phi) is 7.52. The highest BCUT2D eigenvalue weighted by Crippen LogP contribution is 2.25. The molecule has 2 atom stereocenters. The summed E-state index contributed by atoms with van der Waals surface area (Å²) in [7, 11) is 0. The van der Waals surface area contributed by atoms with Crippen molar-refractivity contribution in [3.8, 4) is 5.75 Å². The van der Waals surface area contributed by atoms with Crippen molar-refractivity contribution in [1.82, 2.24) is 10.2 Å². The normalized spacial score (nSPS) is 18.5. The van der Waals surface area contributed by atoms with E-state index in [1.807, 2.05) is 17.0 Å². The van der Waals surface area contributed by atoms with Crippen LogP contribution in [-0.2, 0) is 9.59 Å². The zero-order valence-corrected chi connectivity index (χ0v) is 15.3. The van der Waals surface area contributed by atoms with Gasteiger partial charge in [-0.15, -0.1) is 0 Å². The molecule has 0 bridgehead atoms. The zero-order chi connectivity index (χ0) is 18.2. The van der Waals surface area contributed by atoms with E-state index in [0.29, 0.717) is 36.8 Å². The Morgan fingerprint density at radius 2 is 2.16 bits per heavy atom. The van der Waals surface area contributed by atoms with Crippen LogP contribution in [0.1, 0.15) is 32.6 Å². The van der Waals surface area contributed by atoms with Crippen LogP contribution in [0.25, 0.3) is 0 Å². The van der Waals surface area contributed by atoms with Crippen molar-refractivity contribution in [2.24, 2.45) is 5.73 Å². The maximum atomic E-state index is 12.8. The summed E-state index contributed by atoms with van der Waals surface area (Å²) in [5.41, 5.74) is 5.39. The van der Waals surface area contributed by atoms with Gasteiger partial charge in [-0.05, 0) is 38.3 Å². The first-order chi connectivity index (χ1) is 12.0. The molecule has 3 N–H and O–H groups in total. The Bertz CT molecular complexity index is 597. The number of rotatable bonds is 7. The number of piperidine rings is 1. The Balaban J connectivity index is 1.96. The lowest BCUT2D eigenvalue weighted by Crippen LogP contribution is -2.53. The van der Waals surface area contributed by atoms with Crippen molar-refractivity contribution in [2.45, 2.75) is 44.8 Å². The van der Waals surface area contributed by atoms with Gasteiger partial charge in [0.2, 0.25) is 5.91 Å². The molecule has 1 aromatic rings. The van der Waals surface area contributed by atoms with E-state index in [4.69, 9.17) is 22.1 Å². The fourth-order valence-corrected chi connectivity index (χ4v) is 3.15. The molecule has 1 heterocycles. The molecule has 2 rings (SSSR count). The van der Waals surface area contributed by atoms with Gasteiger partial charge < -0.3 is 20.7 Å². The second-order valence-electron chi connectivity index (χ2n) is 6.21. The number of likely N-dealkylation sites (tertiary alicyclic amines) is 1. The van der Waals surface area contributed by atoms with Gasteiger partial charge in [-0.3, -0.25) is 9.59 Å². The van der Waals surface area contributed by atoms with Crippen molar-refractivity contribution < 1.29 is 14.3 Å². The van der Waals surface area contributed by atoms with Crippen LogP contribution in [0.3, 0.4) is 0 Å². The molecule has 0 saturated carbocycles. The van der Waals surface area contributed by atoms with E-state index in [1.165, 1.54) is 0 Å². The van der Waals surface area contributed by atoms with Gasteiger partial charge in [0.25, 0.3) is 5.91 Å². The SMILES string of the molecule is CC(Oc1ccccc1Cl)C(=O)N1CCCCC1CNC(=O)CCN. The number of hydrogen-bond acceptors (Lipinski definition) is 4. The largest absolute Gasteiger partial charge is 0.479 e. The number of benzene rings is 1. The number of amides is 2. The average Bonchev–Trinajstić information content (AvgIpc) is 2.61. The highest BCUT2D eigenvalue weighted by Gasteiger charge is 2.31. The van der Waals surface area contributed by atoms with Gasteiger partial charge in [0.05, 0.1) is 5.02 Å². The molecule has 2 amide bonds. The number of nitrogens with two attached hydrogens (primary N) is 1. The molecule has 1 fully saturated rings. The van der Waals surface area contributed by atoms with Gasteiger partial charge in [-0.2, -0.15) is 0 Å². The van der Waals surface area contributed by atoms with E-state index < -0.39 is 6.10 Å². The molecule has 25 heavy (non-hydrogen) atoms. The van der Waals surface area contributed by atoms with E-state index in [0.717, 1.165) is 19.3 Å². The van der Waals surface area contributed by atoms with E-state index in [9.17, 15) is 9.59 Å². The van der Waals surface area contributed by atoms with Gasteiger partial charge in [0.15, 0.2) is 6.10 Å². The zero-order valence-electron chi connectivity index (χ0n) is 14.5. The maximum absolute atomic E-state index is 12.8. The number of carbonyl (C=O) groups is 2. The van der Waals surface area contributed by atoms with Crippen LogP contribution >= 0.6 is 11.6 Å². The van der Waals surface area contributed by atoms with Crippen LogP contribution in [0.4, 0.5) is 0 Å². The Morgan fingerprint density at radius 3 is 2.88 bits per heavy atom. The lowest BCUT2D eigenvalue weighted by molar-refractivity contribution is -0.142. The summed E-state index contributed by atoms with van der Waals surface area (Å²) in [6.45, 7) is 3.17. The third-order valence-electron chi connectivity index (χ3n) is 4.30. The maximum Gasteiger partial charge on any atom is 0.263 e. The number of ether oxygens (including phenoxy) is 1. The number of hydrogen-bond donors (Lipinski definition) is 2. The Labute approximate surface area is 153 Å². The number of carbonyl (C=O) groups excluding carboxylic acids is 2. The fourth-order valence-electron chi connectivity index (χ4n) is 2.97. The summed E-state index contributed by atoms with van der Waals surface area (Å²) in [5, 5.41) is 3.34. The molecule has 0 aliphatic carbocycles. The van der Waals surface area contributed by atoms with Crippen LogP contribution < -0.4 is 15.8 Å². The molecule has 1 saturated heterocycles. The first kappa shape index (κ1) is 19.5. The summed E-state index contributed by atoms with van der Waals surface area (Å²) < 4.78 is 5.75. The van der Waals surface area contributed by atoms with Gasteiger partial charge in [0, 0.05) is 32.1 Å². The highest BCUT2D eigenvalue weighted by molar-refractivity contribution is 6.32. The summed E-state index contributed by atoms with van der Waals surface area (Å²) in [4.78, 5) is 26.3. The van der Waals surface area contributed by atoms with Crippen LogP contribution in [0.15, 0.2) is 24.3 Å². The minimum Gasteiger partial charge on any atom is -0.479 e. The van der Waals surface area contributed by atoms with Crippen molar-refractivity contribution in [1.29, 1.82) is 0 Å². The second kappa shape index (κ2) is 9.63. The van der Waals surface area contributed by atoms with Crippen LogP contribution in [-0.4, -0.2) is 48.5 Å². The molecule has 0 radical (unpaired) electrons. The molecule has 0 spiro atoms. The van der Waals surface area contributed by atoms with Crippen molar-refractivity contribution >= 4 is 23.4 Å². The predicted octanol–water partition coefficient (Wildman–Crippen LogP) is 1.95. The second-order valence-corrected chi connectivity index (χ2v) is 6.62. The molecule has 1 aliphatic rings. The Hall–Kier alpha value is -1.79. The van der Waals surface area contributed by atoms with Crippen LogP contribution in [0.2, 0.25) is 5.02 Å². The number of nitrogens with one attached hydrogen (secondary N) is 1. The minimum absolute atomic E-state index is 0.0136. The molecule has 1 aliphatic heterocycles. The fraction of sp³-hybridized carbons (Fsp3) is 0.556. The minimum atomic E-state index is -0.639. The predicted molar refractivity (Wildman–Crippen MR) is 97.6 cm³/mol. The van der Waals surface area contributed by atoms with Crippen LogP contribution in [0.5, 0.6) is 5.75 Å². The topological polar surface area (TPSA) is 84.7 Å². The molecule has 1 aromatic carbocycles.